The van der Waals surface area contributed by atoms with Crippen LogP contribution in [0.3, 0.4) is 0 Å². The van der Waals surface area contributed by atoms with Gasteiger partial charge in [0.05, 0.1) is 4.47 Å². The molecule has 1 unspecified atom stereocenters. The third-order valence-corrected chi connectivity index (χ3v) is 2.92. The smallest absolute Gasteiger partial charge is 0.223 e. The first-order valence-corrected chi connectivity index (χ1v) is 5.85. The number of nitrogens with two attached hydrogens (primary N) is 1. The van der Waals surface area contributed by atoms with Gasteiger partial charge in [0.15, 0.2) is 0 Å². The van der Waals surface area contributed by atoms with Gasteiger partial charge in [0.1, 0.15) is 0 Å². The molecular formula is C10H17BrN4. The Labute approximate surface area is 98.8 Å². The predicted octanol–water partition coefficient (Wildman–Crippen LogP) is 2.17. The van der Waals surface area contributed by atoms with Gasteiger partial charge in [0, 0.05) is 17.9 Å². The number of nitrogens with zero attached hydrogens (tertiary/aromatic N) is 2. The van der Waals surface area contributed by atoms with Crippen LogP contribution in [-0.2, 0) is 0 Å². The van der Waals surface area contributed by atoms with E-state index in [0.29, 0.717) is 12.5 Å². The van der Waals surface area contributed by atoms with E-state index in [4.69, 9.17) is 5.73 Å². The van der Waals surface area contributed by atoms with E-state index in [0.717, 1.165) is 17.3 Å². The first kappa shape index (κ1) is 12.4. The SMILES string of the molecule is CCC(C)(CCN)Nc1ncc(Br)cn1. The van der Waals surface area contributed by atoms with Gasteiger partial charge in [-0.1, -0.05) is 6.92 Å². The highest BCUT2D eigenvalue weighted by Crippen LogP contribution is 2.19. The lowest BCUT2D eigenvalue weighted by Gasteiger charge is -2.29. The van der Waals surface area contributed by atoms with Crippen molar-refractivity contribution >= 4 is 21.9 Å². The molecule has 0 fully saturated rings. The molecule has 0 spiro atoms. The fraction of sp³-hybridized carbons (Fsp3) is 0.600. The van der Waals surface area contributed by atoms with Crippen molar-refractivity contribution in [2.75, 3.05) is 11.9 Å². The Kier molecular flexibility index (Phi) is 4.47. The van der Waals surface area contributed by atoms with Crippen molar-refractivity contribution in [3.05, 3.63) is 16.9 Å². The Hall–Kier alpha value is -0.680. The normalized spacial score (nSPS) is 14.7. The highest BCUT2D eigenvalue weighted by atomic mass is 79.9. The first-order chi connectivity index (χ1) is 7.09. The second-order valence-electron chi connectivity index (χ2n) is 3.80. The topological polar surface area (TPSA) is 63.8 Å². The Balaban J connectivity index is 2.70. The zero-order chi connectivity index (χ0) is 11.3. The fourth-order valence-electron chi connectivity index (χ4n) is 1.29. The van der Waals surface area contributed by atoms with Gasteiger partial charge < -0.3 is 11.1 Å². The average Bonchev–Trinajstić information content (AvgIpc) is 2.22. The van der Waals surface area contributed by atoms with E-state index < -0.39 is 0 Å². The maximum atomic E-state index is 5.58. The molecule has 0 aromatic carbocycles. The Bertz CT molecular complexity index is 301. The van der Waals surface area contributed by atoms with Crippen LogP contribution in [0.5, 0.6) is 0 Å². The van der Waals surface area contributed by atoms with Gasteiger partial charge in [0.25, 0.3) is 0 Å². The molecule has 4 nitrogen and oxygen atoms in total. The van der Waals surface area contributed by atoms with Gasteiger partial charge in [0.2, 0.25) is 5.95 Å². The number of halogens is 1. The van der Waals surface area contributed by atoms with Gasteiger partial charge >= 0.3 is 0 Å². The molecular weight excluding hydrogens is 256 g/mol. The van der Waals surface area contributed by atoms with Crippen LogP contribution in [0.4, 0.5) is 5.95 Å². The molecule has 0 saturated carbocycles. The average molecular weight is 273 g/mol. The van der Waals surface area contributed by atoms with Crippen LogP contribution in [0.2, 0.25) is 0 Å². The molecule has 1 heterocycles. The van der Waals surface area contributed by atoms with E-state index in [9.17, 15) is 0 Å². The van der Waals surface area contributed by atoms with Crippen LogP contribution in [0.15, 0.2) is 16.9 Å². The van der Waals surface area contributed by atoms with Gasteiger partial charge in [-0.25, -0.2) is 9.97 Å². The van der Waals surface area contributed by atoms with Crippen molar-refractivity contribution in [1.29, 1.82) is 0 Å². The summed E-state index contributed by atoms with van der Waals surface area (Å²) in [7, 11) is 0. The number of rotatable bonds is 5. The molecule has 0 aliphatic rings. The molecule has 0 aliphatic heterocycles. The van der Waals surface area contributed by atoms with Crippen molar-refractivity contribution in [2.24, 2.45) is 5.73 Å². The molecule has 0 radical (unpaired) electrons. The summed E-state index contributed by atoms with van der Waals surface area (Å²) in [4.78, 5) is 8.37. The van der Waals surface area contributed by atoms with Crippen molar-refractivity contribution < 1.29 is 0 Å². The van der Waals surface area contributed by atoms with Crippen LogP contribution in [0, 0.1) is 0 Å². The van der Waals surface area contributed by atoms with E-state index in [2.05, 4.69) is 45.1 Å². The van der Waals surface area contributed by atoms with Crippen molar-refractivity contribution in [1.82, 2.24) is 9.97 Å². The lowest BCUT2D eigenvalue weighted by Crippen LogP contribution is -2.37. The second kappa shape index (κ2) is 5.42. The van der Waals surface area contributed by atoms with Crippen molar-refractivity contribution in [3.63, 3.8) is 0 Å². The molecule has 0 aliphatic carbocycles. The summed E-state index contributed by atoms with van der Waals surface area (Å²) in [6, 6.07) is 0. The van der Waals surface area contributed by atoms with Gasteiger partial charge in [-0.3, -0.25) is 0 Å². The predicted molar refractivity (Wildman–Crippen MR) is 65.7 cm³/mol. The molecule has 1 atom stereocenters. The quantitative estimate of drug-likeness (QED) is 0.863. The lowest BCUT2D eigenvalue weighted by atomic mass is 9.95. The molecule has 3 N–H and O–H groups in total. The number of hydrogen-bond acceptors (Lipinski definition) is 4. The fourth-order valence-corrected chi connectivity index (χ4v) is 1.50. The number of aromatic nitrogens is 2. The Morgan fingerprint density at radius 2 is 2.07 bits per heavy atom. The third-order valence-electron chi connectivity index (χ3n) is 2.51. The monoisotopic (exact) mass is 272 g/mol. The van der Waals surface area contributed by atoms with E-state index in [1.165, 1.54) is 0 Å². The summed E-state index contributed by atoms with van der Waals surface area (Å²) < 4.78 is 0.880. The van der Waals surface area contributed by atoms with Crippen LogP contribution >= 0.6 is 15.9 Å². The third kappa shape index (κ3) is 3.76. The molecule has 84 valence electrons. The van der Waals surface area contributed by atoms with Crippen LogP contribution in [0.1, 0.15) is 26.7 Å². The largest absolute Gasteiger partial charge is 0.349 e. The zero-order valence-corrected chi connectivity index (χ0v) is 10.7. The summed E-state index contributed by atoms with van der Waals surface area (Å²) in [6.45, 7) is 4.92. The molecule has 1 aromatic rings. The minimum absolute atomic E-state index is 0.0252. The van der Waals surface area contributed by atoms with Crippen LogP contribution in [0.25, 0.3) is 0 Å². The van der Waals surface area contributed by atoms with Gasteiger partial charge in [-0.05, 0) is 42.2 Å². The Morgan fingerprint density at radius 3 is 2.53 bits per heavy atom. The molecule has 0 bridgehead atoms. The van der Waals surface area contributed by atoms with E-state index in [1.54, 1.807) is 12.4 Å². The minimum Gasteiger partial charge on any atom is -0.349 e. The van der Waals surface area contributed by atoms with Gasteiger partial charge in [-0.15, -0.1) is 0 Å². The Morgan fingerprint density at radius 1 is 1.47 bits per heavy atom. The lowest BCUT2D eigenvalue weighted by molar-refractivity contribution is 0.460. The number of hydrogen-bond donors (Lipinski definition) is 2. The first-order valence-electron chi connectivity index (χ1n) is 5.05. The maximum absolute atomic E-state index is 5.58. The number of nitrogens with one attached hydrogen (secondary N) is 1. The highest BCUT2D eigenvalue weighted by molar-refractivity contribution is 9.10. The standard InChI is InChI=1S/C10H17BrN4/c1-3-10(2,4-5-12)15-9-13-6-8(11)7-14-9/h6-7H,3-5,12H2,1-2H3,(H,13,14,15). The molecule has 0 amide bonds. The molecule has 5 heteroatoms. The zero-order valence-electron chi connectivity index (χ0n) is 9.13. The van der Waals surface area contributed by atoms with E-state index in [1.807, 2.05) is 0 Å². The highest BCUT2D eigenvalue weighted by Gasteiger charge is 2.21. The number of anilines is 1. The van der Waals surface area contributed by atoms with Crippen molar-refractivity contribution in [2.45, 2.75) is 32.2 Å². The molecule has 0 saturated heterocycles. The summed E-state index contributed by atoms with van der Waals surface area (Å²) in [5, 5.41) is 3.31. The summed E-state index contributed by atoms with van der Waals surface area (Å²) in [5.74, 6) is 0.649. The van der Waals surface area contributed by atoms with Crippen LogP contribution in [-0.4, -0.2) is 22.1 Å². The maximum Gasteiger partial charge on any atom is 0.223 e. The summed E-state index contributed by atoms with van der Waals surface area (Å²) in [6.07, 6.45) is 5.36. The molecule has 1 rings (SSSR count). The molecule has 15 heavy (non-hydrogen) atoms. The van der Waals surface area contributed by atoms with Crippen molar-refractivity contribution in [3.8, 4) is 0 Å². The minimum atomic E-state index is -0.0252. The van der Waals surface area contributed by atoms with Gasteiger partial charge in [-0.2, -0.15) is 0 Å². The van der Waals surface area contributed by atoms with Crippen LogP contribution < -0.4 is 11.1 Å². The second-order valence-corrected chi connectivity index (χ2v) is 4.72. The van der Waals surface area contributed by atoms with E-state index in [-0.39, 0.29) is 5.54 Å². The molecule has 1 aromatic heterocycles. The summed E-state index contributed by atoms with van der Waals surface area (Å²) >= 11 is 3.30. The summed E-state index contributed by atoms with van der Waals surface area (Å²) in [5.41, 5.74) is 5.55. The van der Waals surface area contributed by atoms with E-state index >= 15 is 0 Å².